The Balaban J connectivity index is 1.84. The van der Waals surface area contributed by atoms with Gasteiger partial charge < -0.3 is 9.67 Å². The zero-order valence-corrected chi connectivity index (χ0v) is 17.1. The van der Waals surface area contributed by atoms with E-state index >= 15 is 8.78 Å². The number of hydrogen-bond acceptors (Lipinski definition) is 4. The lowest BCUT2D eigenvalue weighted by Gasteiger charge is -2.36. The van der Waals surface area contributed by atoms with Gasteiger partial charge in [0.15, 0.2) is 5.60 Å². The Bertz CT molecular complexity index is 1250. The topological polar surface area (TPSA) is 63.8 Å². The van der Waals surface area contributed by atoms with E-state index in [2.05, 4.69) is 15.2 Å². The van der Waals surface area contributed by atoms with Crippen LogP contribution < -0.4 is 0 Å². The molecule has 2 aromatic carbocycles. The Kier molecular flexibility index (Phi) is 5.68. The molecule has 1 N–H and O–H groups in total. The number of pyridine rings is 1. The predicted octanol–water partition coefficient (Wildman–Crippen LogP) is 4.74. The molecular weight excluding hydrogens is 424 g/mol. The number of rotatable bonds is 7. The molecule has 0 aliphatic heterocycles. The van der Waals surface area contributed by atoms with Crippen LogP contribution in [0.25, 0.3) is 10.9 Å². The fraction of sp³-hybridized carbons (Fsp3) is 0.261. The average Bonchev–Trinajstić information content (AvgIpc) is 3.26. The number of aromatic nitrogens is 4. The van der Waals surface area contributed by atoms with Gasteiger partial charge in [0.05, 0.1) is 12.1 Å². The van der Waals surface area contributed by atoms with Gasteiger partial charge in [0.1, 0.15) is 30.0 Å². The van der Waals surface area contributed by atoms with Crippen molar-refractivity contribution in [2.75, 3.05) is 0 Å². The van der Waals surface area contributed by atoms with E-state index in [9.17, 15) is 13.9 Å². The van der Waals surface area contributed by atoms with Gasteiger partial charge in [0.2, 0.25) is 0 Å². The largest absolute Gasteiger partial charge is 0.377 e. The normalized spacial score (nSPS) is 13.9. The summed E-state index contributed by atoms with van der Waals surface area (Å²) in [6.45, 7) is 1.25. The van der Waals surface area contributed by atoms with Crippen molar-refractivity contribution in [3.63, 3.8) is 0 Å². The molecule has 5 nitrogen and oxygen atoms in total. The van der Waals surface area contributed by atoms with Gasteiger partial charge in [-0.1, -0.05) is 25.5 Å². The minimum Gasteiger partial charge on any atom is -0.377 e. The molecule has 9 heteroatoms. The number of fused-ring (bicyclic) bond motifs is 1. The molecule has 0 aliphatic carbocycles. The third-order valence-electron chi connectivity index (χ3n) is 5.39. The van der Waals surface area contributed by atoms with E-state index in [0.29, 0.717) is 17.0 Å². The van der Waals surface area contributed by atoms with Crippen LogP contribution >= 0.6 is 0 Å². The second-order valence-corrected chi connectivity index (χ2v) is 7.67. The maximum absolute atomic E-state index is 15.9. The van der Waals surface area contributed by atoms with Gasteiger partial charge in [-0.3, -0.25) is 0 Å². The summed E-state index contributed by atoms with van der Waals surface area (Å²) in [5.41, 5.74) is -3.24. The average molecular weight is 444 g/mol. The van der Waals surface area contributed by atoms with Gasteiger partial charge >= 0.3 is 5.92 Å². The van der Waals surface area contributed by atoms with E-state index in [-0.39, 0.29) is 0 Å². The Morgan fingerprint density at radius 3 is 2.41 bits per heavy atom. The first kappa shape index (κ1) is 21.9. The van der Waals surface area contributed by atoms with Crippen LogP contribution in [0.15, 0.2) is 61.2 Å². The van der Waals surface area contributed by atoms with Gasteiger partial charge in [-0.15, -0.1) is 10.2 Å². The summed E-state index contributed by atoms with van der Waals surface area (Å²) in [5, 5.41) is 19.0. The van der Waals surface area contributed by atoms with E-state index < -0.39 is 41.0 Å². The molecule has 0 spiro atoms. The molecule has 166 valence electrons. The molecular formula is C23H20F4N4O. The van der Waals surface area contributed by atoms with Crippen molar-refractivity contribution >= 4 is 10.9 Å². The highest BCUT2D eigenvalue weighted by molar-refractivity contribution is 5.79. The number of halogens is 4. The molecule has 1 unspecified atom stereocenters. The lowest BCUT2D eigenvalue weighted by molar-refractivity contribution is -0.206. The fourth-order valence-corrected chi connectivity index (χ4v) is 3.75. The van der Waals surface area contributed by atoms with Crippen molar-refractivity contribution < 1.29 is 22.7 Å². The van der Waals surface area contributed by atoms with Gasteiger partial charge in [0, 0.05) is 17.0 Å². The first-order chi connectivity index (χ1) is 15.2. The molecule has 2 aromatic heterocycles. The van der Waals surface area contributed by atoms with Crippen LogP contribution in [0.4, 0.5) is 17.6 Å². The van der Waals surface area contributed by atoms with E-state index in [1.54, 1.807) is 6.07 Å². The van der Waals surface area contributed by atoms with E-state index in [1.807, 2.05) is 19.1 Å². The molecule has 32 heavy (non-hydrogen) atoms. The molecule has 2 heterocycles. The molecule has 0 radical (unpaired) electrons. The third kappa shape index (κ3) is 3.84. The second kappa shape index (κ2) is 8.31. The predicted molar refractivity (Wildman–Crippen MR) is 110 cm³/mol. The van der Waals surface area contributed by atoms with Crippen LogP contribution in [0.3, 0.4) is 0 Å². The molecule has 0 fully saturated rings. The number of benzene rings is 2. The Hall–Kier alpha value is -3.33. The number of hydrogen-bond donors (Lipinski definition) is 1. The molecule has 4 rings (SSSR count). The molecule has 0 bridgehead atoms. The highest BCUT2D eigenvalue weighted by Gasteiger charge is 2.57. The van der Waals surface area contributed by atoms with Gasteiger partial charge in [-0.05, 0) is 42.3 Å². The molecule has 0 saturated carbocycles. The summed E-state index contributed by atoms with van der Waals surface area (Å²) in [7, 11) is 0. The van der Waals surface area contributed by atoms with E-state index in [0.717, 1.165) is 53.8 Å². The summed E-state index contributed by atoms with van der Waals surface area (Å²) in [6.07, 6.45) is 4.02. The number of alkyl halides is 2. The van der Waals surface area contributed by atoms with Gasteiger partial charge in [0.25, 0.3) is 0 Å². The standard InChI is InChI=1S/C23H20F4N4O/c1-2-3-15-4-8-20-16(10-15)5-9-21(30-20)23(26,27)22(32,12-31-13-28-29-14-31)18-7-6-17(24)11-19(18)25/h4-11,13-14,32H,2-3,12H2,1H3. The third-order valence-corrected chi connectivity index (χ3v) is 5.39. The van der Waals surface area contributed by atoms with Crippen LogP contribution in [0, 0.1) is 11.6 Å². The molecule has 4 aromatic rings. The molecule has 0 aliphatic rings. The monoisotopic (exact) mass is 444 g/mol. The van der Waals surface area contributed by atoms with Gasteiger partial charge in [-0.25, -0.2) is 13.8 Å². The number of aliphatic hydroxyl groups is 1. The van der Waals surface area contributed by atoms with Crippen LogP contribution in [0.1, 0.15) is 30.2 Å². The summed E-state index contributed by atoms with van der Waals surface area (Å²) in [5.74, 6) is -6.30. The first-order valence-corrected chi connectivity index (χ1v) is 10.0. The van der Waals surface area contributed by atoms with Crippen molar-refractivity contribution in [1.82, 2.24) is 19.7 Å². The van der Waals surface area contributed by atoms with Crippen molar-refractivity contribution in [2.45, 2.75) is 37.8 Å². The van der Waals surface area contributed by atoms with Crippen LogP contribution in [-0.4, -0.2) is 24.9 Å². The number of aryl methyl sites for hydroxylation is 1. The summed E-state index contributed by atoms with van der Waals surface area (Å²) < 4.78 is 60.9. The lowest BCUT2D eigenvalue weighted by Crippen LogP contribution is -2.47. The van der Waals surface area contributed by atoms with Crippen LogP contribution in [0.2, 0.25) is 0 Å². The fourth-order valence-electron chi connectivity index (χ4n) is 3.75. The van der Waals surface area contributed by atoms with Crippen molar-refractivity contribution in [1.29, 1.82) is 0 Å². The molecule has 0 saturated heterocycles. The van der Waals surface area contributed by atoms with Crippen molar-refractivity contribution in [3.8, 4) is 0 Å². The van der Waals surface area contributed by atoms with Gasteiger partial charge in [-0.2, -0.15) is 8.78 Å². The maximum atomic E-state index is 15.9. The van der Waals surface area contributed by atoms with Crippen molar-refractivity contribution in [3.05, 3.63) is 89.6 Å². The van der Waals surface area contributed by atoms with Crippen LogP contribution in [0.5, 0.6) is 0 Å². The zero-order valence-electron chi connectivity index (χ0n) is 17.1. The second-order valence-electron chi connectivity index (χ2n) is 7.67. The quantitative estimate of drug-likeness (QED) is 0.419. The minimum atomic E-state index is -4.05. The summed E-state index contributed by atoms with van der Waals surface area (Å²) >= 11 is 0. The minimum absolute atomic E-state index is 0.313. The van der Waals surface area contributed by atoms with E-state index in [4.69, 9.17) is 0 Å². The Morgan fingerprint density at radius 1 is 0.969 bits per heavy atom. The summed E-state index contributed by atoms with van der Waals surface area (Å²) in [4.78, 5) is 4.07. The van der Waals surface area contributed by atoms with E-state index in [1.165, 1.54) is 6.07 Å². The Morgan fingerprint density at radius 2 is 1.72 bits per heavy atom. The Labute approximate surface area is 181 Å². The summed E-state index contributed by atoms with van der Waals surface area (Å²) in [6, 6.07) is 9.99. The van der Waals surface area contributed by atoms with Crippen LogP contribution in [-0.2, 0) is 24.5 Å². The molecule has 0 amide bonds. The number of nitrogens with zero attached hydrogens (tertiary/aromatic N) is 4. The SMILES string of the molecule is CCCc1ccc2nc(C(F)(F)C(O)(Cn3cnnc3)c3ccc(F)cc3F)ccc2c1. The maximum Gasteiger partial charge on any atom is 0.323 e. The van der Waals surface area contributed by atoms with Crippen molar-refractivity contribution in [2.24, 2.45) is 0 Å². The highest BCUT2D eigenvalue weighted by atomic mass is 19.3. The smallest absolute Gasteiger partial charge is 0.323 e. The molecule has 1 atom stereocenters. The highest BCUT2D eigenvalue weighted by Crippen LogP contribution is 2.47. The lowest BCUT2D eigenvalue weighted by atomic mass is 9.84. The zero-order chi connectivity index (χ0) is 22.9. The first-order valence-electron chi connectivity index (χ1n) is 10.0.